The maximum atomic E-state index is 6.22. The number of benzene rings is 2. The van der Waals surface area contributed by atoms with E-state index >= 15 is 0 Å². The summed E-state index contributed by atoms with van der Waals surface area (Å²) in [5.74, 6) is 1.65. The highest BCUT2D eigenvalue weighted by Gasteiger charge is 2.21. The Labute approximate surface area is 172 Å². The molecule has 0 spiro atoms. The number of hydrogen-bond donors (Lipinski definition) is 1. The molecule has 0 fully saturated rings. The molecule has 30 heavy (non-hydrogen) atoms. The molecule has 5 rings (SSSR count). The second-order valence-corrected chi connectivity index (χ2v) is 7.01. The molecular weight excluding hydrogens is 380 g/mol. The summed E-state index contributed by atoms with van der Waals surface area (Å²) in [6.45, 7) is 2.58. The van der Waals surface area contributed by atoms with Crippen LogP contribution in [0.4, 0.5) is 0 Å². The van der Waals surface area contributed by atoms with E-state index in [1.807, 2.05) is 48.5 Å². The van der Waals surface area contributed by atoms with E-state index in [2.05, 4.69) is 20.2 Å². The Hall–Kier alpha value is -3.71. The van der Waals surface area contributed by atoms with Gasteiger partial charge in [-0.05, 0) is 17.7 Å². The third kappa shape index (κ3) is 3.19. The van der Waals surface area contributed by atoms with E-state index in [-0.39, 0.29) is 0 Å². The Kier molecular flexibility index (Phi) is 4.65. The fourth-order valence-corrected chi connectivity index (χ4v) is 3.69. The zero-order valence-corrected chi connectivity index (χ0v) is 16.7. The number of hydrogen-bond acceptors (Lipinski definition) is 6. The lowest BCUT2D eigenvalue weighted by atomic mass is 10.0. The van der Waals surface area contributed by atoms with Crippen LogP contribution in [0.15, 0.2) is 59.1 Å². The lowest BCUT2D eigenvalue weighted by Crippen LogP contribution is -1.98. The van der Waals surface area contributed by atoms with Crippen LogP contribution < -0.4 is 4.74 Å². The first kappa shape index (κ1) is 18.3. The summed E-state index contributed by atoms with van der Waals surface area (Å²) in [7, 11) is 1.66. The van der Waals surface area contributed by atoms with Crippen molar-refractivity contribution in [3.8, 4) is 17.3 Å². The molecule has 5 aromatic rings. The van der Waals surface area contributed by atoms with Crippen LogP contribution in [0, 0.1) is 6.92 Å². The highest BCUT2D eigenvalue weighted by Crippen LogP contribution is 2.38. The number of pyridine rings is 1. The van der Waals surface area contributed by atoms with Crippen LogP contribution in [0.5, 0.6) is 5.75 Å². The van der Waals surface area contributed by atoms with Gasteiger partial charge in [0, 0.05) is 30.4 Å². The number of fused-ring (bicyclic) bond motifs is 3. The molecule has 7 nitrogen and oxygen atoms in total. The Bertz CT molecular complexity index is 1320. The van der Waals surface area contributed by atoms with E-state index in [0.717, 1.165) is 38.7 Å². The van der Waals surface area contributed by atoms with Crippen LogP contribution in [0.25, 0.3) is 33.4 Å². The highest BCUT2D eigenvalue weighted by atomic mass is 16.5. The van der Waals surface area contributed by atoms with Gasteiger partial charge in [0.25, 0.3) is 5.89 Å². The molecule has 0 unspecified atom stereocenters. The molecule has 0 aliphatic heterocycles. The summed E-state index contributed by atoms with van der Waals surface area (Å²) in [6.07, 6.45) is 1.78. The number of rotatable bonds is 6. The van der Waals surface area contributed by atoms with Gasteiger partial charge in [-0.2, -0.15) is 0 Å². The third-order valence-corrected chi connectivity index (χ3v) is 4.98. The predicted molar refractivity (Wildman–Crippen MR) is 113 cm³/mol. The van der Waals surface area contributed by atoms with Gasteiger partial charge in [0.05, 0.1) is 23.8 Å². The van der Waals surface area contributed by atoms with Crippen LogP contribution in [0.3, 0.4) is 0 Å². The highest BCUT2D eigenvalue weighted by molar-refractivity contribution is 6.12. The molecule has 0 radical (unpaired) electrons. The molecule has 0 aliphatic carbocycles. The maximum absolute atomic E-state index is 6.22. The van der Waals surface area contributed by atoms with Crippen molar-refractivity contribution in [3.05, 3.63) is 71.7 Å². The predicted octanol–water partition coefficient (Wildman–Crippen LogP) is 4.80. The molecule has 7 heteroatoms. The monoisotopic (exact) mass is 400 g/mol. The van der Waals surface area contributed by atoms with Crippen molar-refractivity contribution in [1.82, 2.24) is 20.2 Å². The second kappa shape index (κ2) is 7.61. The third-order valence-electron chi connectivity index (χ3n) is 4.98. The Morgan fingerprint density at radius 2 is 1.80 bits per heavy atom. The Morgan fingerprint density at radius 3 is 2.57 bits per heavy atom. The van der Waals surface area contributed by atoms with E-state index in [1.165, 1.54) is 0 Å². The van der Waals surface area contributed by atoms with Crippen molar-refractivity contribution >= 4 is 21.8 Å². The quantitative estimate of drug-likeness (QED) is 0.441. The van der Waals surface area contributed by atoms with Crippen molar-refractivity contribution in [2.24, 2.45) is 0 Å². The van der Waals surface area contributed by atoms with Crippen LogP contribution in [-0.4, -0.2) is 27.3 Å². The fourth-order valence-electron chi connectivity index (χ4n) is 3.69. The number of H-pyrrole nitrogens is 1. The van der Waals surface area contributed by atoms with Crippen molar-refractivity contribution in [1.29, 1.82) is 0 Å². The molecule has 150 valence electrons. The minimum atomic E-state index is 0.348. The number of nitrogens with one attached hydrogen (secondary N) is 1. The number of aryl methyl sites for hydroxylation is 1. The molecule has 0 aliphatic rings. The van der Waals surface area contributed by atoms with E-state index < -0.39 is 0 Å². The number of ether oxygens (including phenoxy) is 2. The Balaban J connectivity index is 1.69. The maximum Gasteiger partial charge on any atom is 0.266 e. The van der Waals surface area contributed by atoms with Crippen LogP contribution in [0.2, 0.25) is 0 Å². The van der Waals surface area contributed by atoms with Gasteiger partial charge < -0.3 is 18.9 Å². The van der Waals surface area contributed by atoms with Gasteiger partial charge in [-0.25, -0.2) is 4.98 Å². The number of methoxy groups -OCH3 is 1. The lowest BCUT2D eigenvalue weighted by molar-refractivity contribution is 0.186. The van der Waals surface area contributed by atoms with Crippen LogP contribution in [-0.2, 0) is 18.0 Å². The number of nitrogens with zero attached hydrogens (tertiary/aromatic N) is 3. The average molecular weight is 400 g/mol. The zero-order valence-electron chi connectivity index (χ0n) is 16.7. The average Bonchev–Trinajstić information content (AvgIpc) is 3.37. The van der Waals surface area contributed by atoms with Gasteiger partial charge in [0.15, 0.2) is 0 Å². The topological polar surface area (TPSA) is 86.1 Å². The van der Waals surface area contributed by atoms with Crippen LogP contribution in [0.1, 0.15) is 17.0 Å². The van der Waals surface area contributed by atoms with Gasteiger partial charge >= 0.3 is 0 Å². The van der Waals surface area contributed by atoms with Gasteiger partial charge in [0.2, 0.25) is 5.89 Å². The largest absolute Gasteiger partial charge is 0.488 e. The van der Waals surface area contributed by atoms with E-state index in [1.54, 1.807) is 20.2 Å². The lowest BCUT2D eigenvalue weighted by Gasteiger charge is -2.10. The van der Waals surface area contributed by atoms with E-state index in [9.17, 15) is 0 Å². The fraction of sp³-hybridized carbons (Fsp3) is 0.174. The molecule has 3 aromatic heterocycles. The molecule has 2 aromatic carbocycles. The van der Waals surface area contributed by atoms with Gasteiger partial charge in [-0.15, -0.1) is 10.2 Å². The van der Waals surface area contributed by atoms with Gasteiger partial charge in [0.1, 0.15) is 18.1 Å². The first-order valence-corrected chi connectivity index (χ1v) is 9.63. The number of aromatic nitrogens is 4. The summed E-state index contributed by atoms with van der Waals surface area (Å²) >= 11 is 0. The van der Waals surface area contributed by atoms with Gasteiger partial charge in [-0.1, -0.05) is 36.4 Å². The molecule has 0 amide bonds. The summed E-state index contributed by atoms with van der Waals surface area (Å²) < 4.78 is 17.4. The summed E-state index contributed by atoms with van der Waals surface area (Å²) in [6, 6.07) is 16.1. The molecule has 0 saturated carbocycles. The number of aromatic amines is 1. The molecule has 0 saturated heterocycles. The van der Waals surface area contributed by atoms with Crippen LogP contribution >= 0.6 is 0 Å². The normalized spacial score (nSPS) is 11.4. The summed E-state index contributed by atoms with van der Waals surface area (Å²) in [4.78, 5) is 8.01. The first-order valence-electron chi connectivity index (χ1n) is 9.63. The smallest absolute Gasteiger partial charge is 0.266 e. The molecule has 1 N–H and O–H groups in total. The van der Waals surface area contributed by atoms with Crippen molar-refractivity contribution in [2.75, 3.05) is 7.11 Å². The second-order valence-electron chi connectivity index (χ2n) is 7.01. The van der Waals surface area contributed by atoms with E-state index in [0.29, 0.717) is 30.7 Å². The SMILES string of the molecule is COCc1c(-c2nnc(C)o2)ncc2[nH]c3cccc(OCc4ccccc4)c3c12. The van der Waals surface area contributed by atoms with Crippen molar-refractivity contribution < 1.29 is 13.9 Å². The standard InChI is InChI=1S/C23H20N4O3/c1-14-26-27-23(30-14)22-16(13-28-2)20-18(11-24-22)25-17-9-6-10-19(21(17)20)29-12-15-7-4-3-5-8-15/h3-11,25H,12-13H2,1-2H3. The molecule has 0 atom stereocenters. The minimum absolute atomic E-state index is 0.348. The van der Waals surface area contributed by atoms with Gasteiger partial charge in [-0.3, -0.25) is 0 Å². The molecule has 0 bridgehead atoms. The molecule has 3 heterocycles. The zero-order chi connectivity index (χ0) is 20.5. The molecular formula is C23H20N4O3. The van der Waals surface area contributed by atoms with Crippen molar-refractivity contribution in [3.63, 3.8) is 0 Å². The van der Waals surface area contributed by atoms with E-state index in [4.69, 9.17) is 13.9 Å². The Morgan fingerprint density at radius 1 is 0.933 bits per heavy atom. The summed E-state index contributed by atoms with van der Waals surface area (Å²) in [5.41, 5.74) is 4.46. The van der Waals surface area contributed by atoms with Crippen molar-refractivity contribution in [2.45, 2.75) is 20.1 Å². The first-order chi connectivity index (χ1) is 14.7. The minimum Gasteiger partial charge on any atom is -0.488 e. The summed E-state index contributed by atoms with van der Waals surface area (Å²) in [5, 5.41) is 10.1.